The first kappa shape index (κ1) is 20.0. The second-order valence-corrected chi connectivity index (χ2v) is 6.98. The molecule has 0 unspecified atom stereocenters. The van der Waals surface area contributed by atoms with Gasteiger partial charge in [-0.05, 0) is 49.3 Å². The van der Waals surface area contributed by atoms with Crippen LogP contribution in [0.25, 0.3) is 0 Å². The van der Waals surface area contributed by atoms with Crippen LogP contribution >= 0.6 is 11.8 Å². The highest BCUT2D eigenvalue weighted by Crippen LogP contribution is 2.27. The summed E-state index contributed by atoms with van der Waals surface area (Å²) >= 11 is 1.47. The van der Waals surface area contributed by atoms with Crippen LogP contribution in [0.1, 0.15) is 49.0 Å². The zero-order chi connectivity index (χ0) is 19.1. The van der Waals surface area contributed by atoms with Crippen molar-refractivity contribution in [3.8, 4) is 0 Å². The summed E-state index contributed by atoms with van der Waals surface area (Å²) in [5, 5.41) is 2.89. The molecule has 2 rings (SSSR count). The minimum atomic E-state index is -0.887. The minimum absolute atomic E-state index is 0.331. The van der Waals surface area contributed by atoms with Crippen molar-refractivity contribution < 1.29 is 14.3 Å². The van der Waals surface area contributed by atoms with E-state index in [1.165, 1.54) is 11.8 Å². The van der Waals surface area contributed by atoms with Crippen LogP contribution in [-0.2, 0) is 9.53 Å². The molecule has 138 valence electrons. The summed E-state index contributed by atoms with van der Waals surface area (Å²) in [6, 6.07) is 14.9. The van der Waals surface area contributed by atoms with E-state index in [0.29, 0.717) is 11.5 Å². The first-order chi connectivity index (χ1) is 12.5. The van der Waals surface area contributed by atoms with Crippen molar-refractivity contribution in [1.82, 2.24) is 0 Å². The van der Waals surface area contributed by atoms with Crippen LogP contribution < -0.4 is 5.32 Å². The third-order valence-corrected chi connectivity index (χ3v) is 5.14. The van der Waals surface area contributed by atoms with Crippen LogP contribution in [0.5, 0.6) is 0 Å². The molecular formula is C21H25NO3S. The summed E-state index contributed by atoms with van der Waals surface area (Å²) in [6.07, 6.45) is 1.99. The summed E-state index contributed by atoms with van der Waals surface area (Å²) in [5.41, 5.74) is 2.31. The van der Waals surface area contributed by atoms with Crippen molar-refractivity contribution in [2.75, 3.05) is 11.6 Å². The molecule has 2 atom stereocenters. The molecule has 0 fully saturated rings. The lowest BCUT2D eigenvalue weighted by Crippen LogP contribution is -2.30. The number of amides is 1. The van der Waals surface area contributed by atoms with Crippen LogP contribution in [-0.4, -0.2) is 24.2 Å². The van der Waals surface area contributed by atoms with E-state index in [4.69, 9.17) is 4.74 Å². The van der Waals surface area contributed by atoms with E-state index in [-0.39, 0.29) is 5.91 Å². The van der Waals surface area contributed by atoms with Crippen molar-refractivity contribution in [3.05, 3.63) is 59.7 Å². The average molecular weight is 372 g/mol. The molecule has 0 aliphatic heterocycles. The van der Waals surface area contributed by atoms with Gasteiger partial charge >= 0.3 is 5.97 Å². The van der Waals surface area contributed by atoms with Gasteiger partial charge in [0, 0.05) is 10.6 Å². The lowest BCUT2D eigenvalue weighted by Gasteiger charge is -2.18. The van der Waals surface area contributed by atoms with Gasteiger partial charge in [-0.15, -0.1) is 11.8 Å². The quantitative estimate of drug-likeness (QED) is 0.543. The zero-order valence-corrected chi connectivity index (χ0v) is 16.4. The molecule has 0 aliphatic carbocycles. The number of ether oxygens (including phenoxy) is 1. The highest BCUT2D eigenvalue weighted by atomic mass is 32.2. The van der Waals surface area contributed by atoms with Gasteiger partial charge in [-0.2, -0.15) is 0 Å². The van der Waals surface area contributed by atoms with E-state index in [9.17, 15) is 9.59 Å². The number of hydrogen-bond acceptors (Lipinski definition) is 4. The zero-order valence-electron chi connectivity index (χ0n) is 15.6. The Morgan fingerprint density at radius 3 is 2.42 bits per heavy atom. The molecule has 26 heavy (non-hydrogen) atoms. The molecule has 0 bridgehead atoms. The fraction of sp³-hybridized carbons (Fsp3) is 0.333. The Labute approximate surface area is 159 Å². The molecule has 4 nitrogen and oxygen atoms in total. The topological polar surface area (TPSA) is 55.4 Å². The molecule has 0 saturated carbocycles. The second-order valence-electron chi connectivity index (χ2n) is 6.13. The monoisotopic (exact) mass is 371 g/mol. The number of anilines is 1. The van der Waals surface area contributed by atoms with Crippen molar-refractivity contribution in [2.45, 2.75) is 44.1 Å². The maximum absolute atomic E-state index is 12.5. The Bertz CT molecular complexity index is 775. The molecule has 0 aliphatic rings. The van der Waals surface area contributed by atoms with E-state index in [1.807, 2.05) is 42.7 Å². The fourth-order valence-electron chi connectivity index (χ4n) is 2.59. The Morgan fingerprint density at radius 2 is 1.73 bits per heavy atom. The summed E-state index contributed by atoms with van der Waals surface area (Å²) in [7, 11) is 0. The molecule has 0 heterocycles. The van der Waals surface area contributed by atoms with Gasteiger partial charge in [0.1, 0.15) is 0 Å². The van der Waals surface area contributed by atoms with Crippen LogP contribution in [0.15, 0.2) is 53.4 Å². The Morgan fingerprint density at radius 1 is 1.08 bits per heavy atom. The Kier molecular flexibility index (Phi) is 7.27. The number of rotatable bonds is 7. The molecule has 1 N–H and O–H groups in total. The van der Waals surface area contributed by atoms with E-state index >= 15 is 0 Å². The number of thioether (sulfide) groups is 1. The van der Waals surface area contributed by atoms with Crippen LogP contribution in [0.4, 0.5) is 5.69 Å². The summed E-state index contributed by atoms with van der Waals surface area (Å²) in [5.74, 6) is -0.499. The molecular weight excluding hydrogens is 346 g/mol. The van der Waals surface area contributed by atoms with Gasteiger partial charge < -0.3 is 10.1 Å². The number of benzene rings is 2. The van der Waals surface area contributed by atoms with Gasteiger partial charge in [-0.1, -0.05) is 44.2 Å². The predicted molar refractivity (Wildman–Crippen MR) is 107 cm³/mol. The first-order valence-corrected chi connectivity index (χ1v) is 9.94. The van der Waals surface area contributed by atoms with E-state index in [0.717, 1.165) is 22.6 Å². The fourth-order valence-corrected chi connectivity index (χ4v) is 3.17. The van der Waals surface area contributed by atoms with Crippen LogP contribution in [0.3, 0.4) is 0 Å². The van der Waals surface area contributed by atoms with Gasteiger partial charge in [0.05, 0.1) is 5.56 Å². The van der Waals surface area contributed by atoms with Crippen LogP contribution in [0, 0.1) is 0 Å². The van der Waals surface area contributed by atoms with Crippen molar-refractivity contribution in [2.24, 2.45) is 0 Å². The van der Waals surface area contributed by atoms with E-state index in [2.05, 4.69) is 19.2 Å². The van der Waals surface area contributed by atoms with Crippen molar-refractivity contribution >= 4 is 29.3 Å². The molecule has 5 heteroatoms. The van der Waals surface area contributed by atoms with Gasteiger partial charge in [-0.25, -0.2) is 4.79 Å². The number of carbonyl (C=O) groups is 2. The minimum Gasteiger partial charge on any atom is -0.449 e. The van der Waals surface area contributed by atoms with Crippen molar-refractivity contribution in [1.29, 1.82) is 0 Å². The number of carbonyl (C=O) groups excluding carboxylic acids is 2. The van der Waals surface area contributed by atoms with E-state index in [1.54, 1.807) is 19.1 Å². The molecule has 0 spiro atoms. The lowest BCUT2D eigenvalue weighted by atomic mass is 9.97. The van der Waals surface area contributed by atoms with Gasteiger partial charge in [0.2, 0.25) is 0 Å². The molecule has 2 aromatic rings. The Hall–Kier alpha value is -2.27. The third kappa shape index (κ3) is 4.88. The summed E-state index contributed by atoms with van der Waals surface area (Å²) in [6.45, 7) is 5.81. The number of nitrogens with one attached hydrogen (secondary N) is 1. The SMILES string of the molecule is CC[C@H](C)c1ccccc1NC(=O)[C@H](C)OC(=O)c1ccccc1SC. The number of hydrogen-bond donors (Lipinski definition) is 1. The molecule has 0 radical (unpaired) electrons. The summed E-state index contributed by atoms with van der Waals surface area (Å²) in [4.78, 5) is 25.7. The second kappa shape index (κ2) is 9.43. The molecule has 0 saturated heterocycles. The largest absolute Gasteiger partial charge is 0.449 e. The predicted octanol–water partition coefficient (Wildman–Crippen LogP) is 5.11. The molecule has 2 aromatic carbocycles. The maximum atomic E-state index is 12.5. The Balaban J connectivity index is 2.08. The number of para-hydroxylation sites is 1. The van der Waals surface area contributed by atoms with Gasteiger partial charge in [-0.3, -0.25) is 4.79 Å². The molecule has 0 aromatic heterocycles. The average Bonchev–Trinajstić information content (AvgIpc) is 2.67. The normalized spacial score (nSPS) is 12.9. The van der Waals surface area contributed by atoms with Crippen molar-refractivity contribution in [3.63, 3.8) is 0 Å². The van der Waals surface area contributed by atoms with E-state index < -0.39 is 12.1 Å². The van der Waals surface area contributed by atoms with Gasteiger partial charge in [0.15, 0.2) is 6.10 Å². The maximum Gasteiger partial charge on any atom is 0.340 e. The summed E-state index contributed by atoms with van der Waals surface area (Å²) < 4.78 is 5.38. The number of esters is 1. The molecule has 1 amide bonds. The third-order valence-electron chi connectivity index (χ3n) is 4.34. The van der Waals surface area contributed by atoms with Gasteiger partial charge in [0.25, 0.3) is 5.91 Å². The first-order valence-electron chi connectivity index (χ1n) is 8.71. The van der Waals surface area contributed by atoms with Crippen LogP contribution in [0.2, 0.25) is 0 Å². The smallest absolute Gasteiger partial charge is 0.340 e. The lowest BCUT2D eigenvalue weighted by molar-refractivity contribution is -0.123. The standard InChI is InChI=1S/C21H25NO3S/c1-5-14(2)16-10-6-8-12-18(16)22-20(23)15(3)25-21(24)17-11-7-9-13-19(17)26-4/h6-15H,5H2,1-4H3,(H,22,23)/t14-,15-/m0/s1. The highest BCUT2D eigenvalue weighted by molar-refractivity contribution is 7.98. The highest BCUT2D eigenvalue weighted by Gasteiger charge is 2.21.